The summed E-state index contributed by atoms with van der Waals surface area (Å²) in [6.45, 7) is 0. The van der Waals surface area contributed by atoms with E-state index in [-0.39, 0.29) is 23.8 Å². The molecule has 0 saturated heterocycles. The predicted molar refractivity (Wildman–Crippen MR) is 65.7 cm³/mol. The van der Waals surface area contributed by atoms with Gasteiger partial charge >= 0.3 is 11.9 Å². The van der Waals surface area contributed by atoms with Crippen molar-refractivity contribution in [2.45, 2.75) is 38.5 Å². The molecule has 0 aromatic carbocycles. The van der Waals surface area contributed by atoms with Crippen LogP contribution in [0.1, 0.15) is 38.5 Å². The highest BCUT2D eigenvalue weighted by Gasteiger charge is 2.45. The SMILES string of the molecule is COC(=O)C1CC2CCCCC2CC1C(=O)OC. The van der Waals surface area contributed by atoms with Crippen LogP contribution in [0.4, 0.5) is 0 Å². The van der Waals surface area contributed by atoms with Crippen LogP contribution in [0, 0.1) is 23.7 Å². The monoisotopic (exact) mass is 254 g/mol. The molecular formula is C14H22O4. The van der Waals surface area contributed by atoms with Gasteiger partial charge in [0.2, 0.25) is 0 Å². The van der Waals surface area contributed by atoms with Gasteiger partial charge in [0.25, 0.3) is 0 Å². The van der Waals surface area contributed by atoms with Crippen LogP contribution in [0.3, 0.4) is 0 Å². The molecule has 0 amide bonds. The van der Waals surface area contributed by atoms with Crippen molar-refractivity contribution in [2.75, 3.05) is 14.2 Å². The fraction of sp³-hybridized carbons (Fsp3) is 0.857. The molecule has 4 nitrogen and oxygen atoms in total. The molecule has 2 saturated carbocycles. The Kier molecular flexibility index (Phi) is 4.25. The van der Waals surface area contributed by atoms with E-state index in [0.717, 1.165) is 12.8 Å². The lowest BCUT2D eigenvalue weighted by atomic mass is 9.63. The first-order valence-electron chi connectivity index (χ1n) is 6.83. The summed E-state index contributed by atoms with van der Waals surface area (Å²) in [5.74, 6) is 0.0555. The van der Waals surface area contributed by atoms with Gasteiger partial charge in [-0.3, -0.25) is 9.59 Å². The zero-order valence-corrected chi connectivity index (χ0v) is 11.2. The standard InChI is InChI=1S/C14H22O4/c1-17-13(15)11-7-9-5-3-4-6-10(9)8-12(11)14(16)18-2/h9-12H,3-8H2,1-2H3. The third-order valence-corrected chi connectivity index (χ3v) is 4.67. The van der Waals surface area contributed by atoms with Crippen molar-refractivity contribution >= 4 is 11.9 Å². The Hall–Kier alpha value is -1.06. The van der Waals surface area contributed by atoms with Crippen LogP contribution < -0.4 is 0 Å². The lowest BCUT2D eigenvalue weighted by molar-refractivity contribution is -0.162. The highest BCUT2D eigenvalue weighted by molar-refractivity contribution is 5.82. The summed E-state index contributed by atoms with van der Waals surface area (Å²) in [6, 6.07) is 0. The van der Waals surface area contributed by atoms with Crippen molar-refractivity contribution < 1.29 is 19.1 Å². The van der Waals surface area contributed by atoms with Gasteiger partial charge in [0.15, 0.2) is 0 Å². The molecule has 2 aliphatic carbocycles. The quantitative estimate of drug-likeness (QED) is 0.709. The maximum Gasteiger partial charge on any atom is 0.309 e. The average Bonchev–Trinajstić information content (AvgIpc) is 2.44. The second-order valence-electron chi connectivity index (χ2n) is 5.54. The van der Waals surface area contributed by atoms with E-state index in [1.165, 1.54) is 39.9 Å². The summed E-state index contributed by atoms with van der Waals surface area (Å²) in [5, 5.41) is 0. The van der Waals surface area contributed by atoms with E-state index in [9.17, 15) is 9.59 Å². The Balaban J connectivity index is 2.13. The number of rotatable bonds is 2. The zero-order valence-electron chi connectivity index (χ0n) is 11.2. The summed E-state index contributed by atoms with van der Waals surface area (Å²) >= 11 is 0. The van der Waals surface area contributed by atoms with Gasteiger partial charge in [-0.2, -0.15) is 0 Å². The second kappa shape index (κ2) is 5.72. The van der Waals surface area contributed by atoms with Crippen molar-refractivity contribution in [1.82, 2.24) is 0 Å². The molecule has 0 aliphatic heterocycles. The Labute approximate surface area is 108 Å². The smallest absolute Gasteiger partial charge is 0.309 e. The first-order chi connectivity index (χ1) is 8.67. The van der Waals surface area contributed by atoms with Gasteiger partial charge in [0, 0.05) is 0 Å². The Morgan fingerprint density at radius 1 is 0.833 bits per heavy atom. The number of carbonyl (C=O) groups is 2. The first-order valence-corrected chi connectivity index (χ1v) is 6.83. The van der Waals surface area contributed by atoms with Crippen molar-refractivity contribution in [1.29, 1.82) is 0 Å². The molecule has 0 bridgehead atoms. The van der Waals surface area contributed by atoms with Crippen LogP contribution in [-0.2, 0) is 19.1 Å². The highest BCUT2D eigenvalue weighted by Crippen LogP contribution is 2.46. The molecule has 0 aromatic rings. The number of ether oxygens (including phenoxy) is 2. The molecule has 2 aliphatic rings. The minimum atomic E-state index is -0.304. The topological polar surface area (TPSA) is 52.6 Å². The molecule has 4 heteroatoms. The molecule has 102 valence electrons. The minimum Gasteiger partial charge on any atom is -0.469 e. The van der Waals surface area contributed by atoms with E-state index in [2.05, 4.69) is 0 Å². The van der Waals surface area contributed by atoms with Gasteiger partial charge in [0.05, 0.1) is 26.1 Å². The largest absolute Gasteiger partial charge is 0.469 e. The van der Waals surface area contributed by atoms with Crippen LogP contribution in [0.15, 0.2) is 0 Å². The van der Waals surface area contributed by atoms with E-state index >= 15 is 0 Å². The van der Waals surface area contributed by atoms with Gasteiger partial charge in [-0.1, -0.05) is 25.7 Å². The molecular weight excluding hydrogens is 232 g/mol. The van der Waals surface area contributed by atoms with Crippen LogP contribution in [0.2, 0.25) is 0 Å². The molecule has 0 N–H and O–H groups in total. The molecule has 2 fully saturated rings. The van der Waals surface area contributed by atoms with E-state index in [4.69, 9.17) is 9.47 Å². The van der Waals surface area contributed by atoms with Gasteiger partial charge < -0.3 is 9.47 Å². The van der Waals surface area contributed by atoms with E-state index in [1.807, 2.05) is 0 Å². The number of carbonyl (C=O) groups excluding carboxylic acids is 2. The van der Waals surface area contributed by atoms with Crippen LogP contribution in [0.5, 0.6) is 0 Å². The Morgan fingerprint density at radius 2 is 1.22 bits per heavy atom. The van der Waals surface area contributed by atoms with Crippen LogP contribution >= 0.6 is 0 Å². The minimum absolute atomic E-state index is 0.255. The van der Waals surface area contributed by atoms with Crippen LogP contribution in [-0.4, -0.2) is 26.2 Å². The van der Waals surface area contributed by atoms with Gasteiger partial charge in [-0.25, -0.2) is 0 Å². The van der Waals surface area contributed by atoms with E-state index in [1.54, 1.807) is 0 Å². The van der Waals surface area contributed by atoms with E-state index in [0.29, 0.717) is 11.8 Å². The number of methoxy groups -OCH3 is 2. The average molecular weight is 254 g/mol. The fourth-order valence-corrected chi connectivity index (χ4v) is 3.71. The van der Waals surface area contributed by atoms with Gasteiger partial charge in [-0.05, 0) is 24.7 Å². The summed E-state index contributed by atoms with van der Waals surface area (Å²) in [4.78, 5) is 23.7. The van der Waals surface area contributed by atoms with Crippen molar-refractivity contribution in [3.05, 3.63) is 0 Å². The molecule has 0 spiro atoms. The van der Waals surface area contributed by atoms with Crippen molar-refractivity contribution in [3.63, 3.8) is 0 Å². The number of hydrogen-bond acceptors (Lipinski definition) is 4. The molecule has 18 heavy (non-hydrogen) atoms. The summed E-state index contributed by atoms with van der Waals surface area (Å²) in [6.07, 6.45) is 6.45. The first kappa shape index (κ1) is 13.4. The number of hydrogen-bond donors (Lipinski definition) is 0. The fourth-order valence-electron chi connectivity index (χ4n) is 3.71. The summed E-state index contributed by atoms with van der Waals surface area (Å²) in [7, 11) is 2.78. The third kappa shape index (κ3) is 2.52. The summed E-state index contributed by atoms with van der Waals surface area (Å²) in [5.41, 5.74) is 0. The van der Waals surface area contributed by atoms with Crippen LogP contribution in [0.25, 0.3) is 0 Å². The van der Waals surface area contributed by atoms with E-state index < -0.39 is 0 Å². The Morgan fingerprint density at radius 3 is 1.56 bits per heavy atom. The normalized spacial score (nSPS) is 35.4. The third-order valence-electron chi connectivity index (χ3n) is 4.67. The molecule has 0 heterocycles. The number of esters is 2. The van der Waals surface area contributed by atoms with Gasteiger partial charge in [-0.15, -0.1) is 0 Å². The lowest BCUT2D eigenvalue weighted by Gasteiger charge is -2.41. The summed E-state index contributed by atoms with van der Waals surface area (Å²) < 4.78 is 9.70. The van der Waals surface area contributed by atoms with Crippen molar-refractivity contribution in [2.24, 2.45) is 23.7 Å². The second-order valence-corrected chi connectivity index (χ2v) is 5.54. The lowest BCUT2D eigenvalue weighted by Crippen LogP contribution is -2.41. The predicted octanol–water partition coefficient (Wildman–Crippen LogP) is 2.17. The Bertz CT molecular complexity index is 294. The molecule has 4 atom stereocenters. The molecule has 4 unspecified atom stereocenters. The van der Waals surface area contributed by atoms with Crippen molar-refractivity contribution in [3.8, 4) is 0 Å². The highest BCUT2D eigenvalue weighted by atomic mass is 16.5. The molecule has 0 aromatic heterocycles. The zero-order chi connectivity index (χ0) is 13.1. The number of fused-ring (bicyclic) bond motifs is 1. The molecule has 0 radical (unpaired) electrons. The molecule has 2 rings (SSSR count). The maximum atomic E-state index is 11.8. The van der Waals surface area contributed by atoms with Gasteiger partial charge in [0.1, 0.15) is 0 Å². The maximum absolute atomic E-state index is 11.8.